The van der Waals surface area contributed by atoms with Gasteiger partial charge in [-0.15, -0.1) is 0 Å². The second-order valence-electron chi connectivity index (χ2n) is 4.63. The predicted molar refractivity (Wildman–Crippen MR) is 68.3 cm³/mol. The van der Waals surface area contributed by atoms with E-state index in [1.54, 1.807) is 0 Å². The van der Waals surface area contributed by atoms with Gasteiger partial charge in [0.25, 0.3) is 0 Å². The summed E-state index contributed by atoms with van der Waals surface area (Å²) < 4.78 is 0. The largest absolute Gasteiger partial charge is 0.396 e. The number of nitrogens with one attached hydrogen (secondary N) is 1. The van der Waals surface area contributed by atoms with Gasteiger partial charge in [0, 0.05) is 12.6 Å². The Morgan fingerprint density at radius 3 is 2.44 bits per heavy atom. The SMILES string of the molecule is CC(C)CNC(CCCO)c1ccccc1. The van der Waals surface area contributed by atoms with Crippen LogP contribution in [-0.2, 0) is 0 Å². The highest BCUT2D eigenvalue weighted by atomic mass is 16.2. The Hall–Kier alpha value is -0.860. The van der Waals surface area contributed by atoms with Crippen molar-refractivity contribution in [3.05, 3.63) is 35.9 Å². The molecule has 0 amide bonds. The molecule has 16 heavy (non-hydrogen) atoms. The molecule has 1 atom stereocenters. The van der Waals surface area contributed by atoms with Crippen molar-refractivity contribution in [2.24, 2.45) is 5.92 Å². The summed E-state index contributed by atoms with van der Waals surface area (Å²) in [6.07, 6.45) is 1.85. The third kappa shape index (κ3) is 4.77. The van der Waals surface area contributed by atoms with E-state index in [9.17, 15) is 0 Å². The van der Waals surface area contributed by atoms with Crippen LogP contribution >= 0.6 is 0 Å². The van der Waals surface area contributed by atoms with Gasteiger partial charge >= 0.3 is 0 Å². The topological polar surface area (TPSA) is 32.3 Å². The van der Waals surface area contributed by atoms with Crippen molar-refractivity contribution in [3.8, 4) is 0 Å². The molecule has 2 heteroatoms. The quantitative estimate of drug-likeness (QED) is 0.742. The van der Waals surface area contributed by atoms with E-state index in [0.29, 0.717) is 12.0 Å². The number of aliphatic hydroxyl groups is 1. The van der Waals surface area contributed by atoms with Gasteiger partial charge in [0.2, 0.25) is 0 Å². The number of hydrogen-bond acceptors (Lipinski definition) is 2. The van der Waals surface area contributed by atoms with Crippen LogP contribution < -0.4 is 5.32 Å². The number of hydrogen-bond donors (Lipinski definition) is 2. The molecule has 1 rings (SSSR count). The smallest absolute Gasteiger partial charge is 0.0431 e. The van der Waals surface area contributed by atoms with E-state index >= 15 is 0 Å². The third-order valence-corrected chi connectivity index (χ3v) is 2.63. The van der Waals surface area contributed by atoms with E-state index in [0.717, 1.165) is 19.4 Å². The van der Waals surface area contributed by atoms with Crippen molar-refractivity contribution in [2.75, 3.05) is 13.2 Å². The molecule has 90 valence electrons. The first-order valence-corrected chi connectivity index (χ1v) is 6.13. The maximum Gasteiger partial charge on any atom is 0.0431 e. The first kappa shape index (κ1) is 13.2. The summed E-state index contributed by atoms with van der Waals surface area (Å²) in [5.74, 6) is 0.653. The summed E-state index contributed by atoms with van der Waals surface area (Å²) >= 11 is 0. The normalized spacial score (nSPS) is 13.0. The fraction of sp³-hybridized carbons (Fsp3) is 0.571. The molecule has 0 saturated heterocycles. The Morgan fingerprint density at radius 1 is 1.19 bits per heavy atom. The molecule has 0 radical (unpaired) electrons. The van der Waals surface area contributed by atoms with Crippen molar-refractivity contribution in [1.82, 2.24) is 5.32 Å². The van der Waals surface area contributed by atoms with Gasteiger partial charge < -0.3 is 10.4 Å². The van der Waals surface area contributed by atoms with E-state index in [1.807, 2.05) is 6.07 Å². The Bertz CT molecular complexity index is 271. The number of benzene rings is 1. The molecule has 0 aliphatic rings. The Labute approximate surface area is 98.7 Å². The van der Waals surface area contributed by atoms with Crippen molar-refractivity contribution in [3.63, 3.8) is 0 Å². The average molecular weight is 221 g/mol. The molecule has 2 N–H and O–H groups in total. The number of rotatable bonds is 7. The van der Waals surface area contributed by atoms with E-state index in [1.165, 1.54) is 5.56 Å². The molecule has 0 aromatic heterocycles. The molecule has 1 aromatic rings. The third-order valence-electron chi connectivity index (χ3n) is 2.63. The summed E-state index contributed by atoms with van der Waals surface area (Å²) in [7, 11) is 0. The second-order valence-corrected chi connectivity index (χ2v) is 4.63. The first-order chi connectivity index (χ1) is 7.74. The van der Waals surface area contributed by atoms with Crippen LogP contribution in [0.3, 0.4) is 0 Å². The molecular formula is C14H23NO. The molecule has 0 aliphatic heterocycles. The van der Waals surface area contributed by atoms with Gasteiger partial charge in [0.1, 0.15) is 0 Å². The molecule has 0 heterocycles. The lowest BCUT2D eigenvalue weighted by Crippen LogP contribution is -2.25. The maximum absolute atomic E-state index is 8.91. The predicted octanol–water partition coefficient (Wildman–Crippen LogP) is 2.75. The van der Waals surface area contributed by atoms with Crippen molar-refractivity contribution >= 4 is 0 Å². The Balaban J connectivity index is 2.56. The molecule has 1 aromatic carbocycles. The zero-order valence-electron chi connectivity index (χ0n) is 10.3. The summed E-state index contributed by atoms with van der Waals surface area (Å²) in [5.41, 5.74) is 1.32. The molecule has 0 bridgehead atoms. The minimum atomic E-state index is 0.271. The summed E-state index contributed by atoms with van der Waals surface area (Å²) in [5, 5.41) is 12.5. The van der Waals surface area contributed by atoms with Crippen molar-refractivity contribution < 1.29 is 5.11 Å². The van der Waals surface area contributed by atoms with Crippen molar-refractivity contribution in [1.29, 1.82) is 0 Å². The van der Waals surface area contributed by atoms with Gasteiger partial charge in [-0.2, -0.15) is 0 Å². The molecule has 0 fully saturated rings. The fourth-order valence-corrected chi connectivity index (χ4v) is 1.75. The van der Waals surface area contributed by atoms with E-state index in [2.05, 4.69) is 43.4 Å². The fourth-order valence-electron chi connectivity index (χ4n) is 1.75. The van der Waals surface area contributed by atoms with E-state index < -0.39 is 0 Å². The highest BCUT2D eigenvalue weighted by Crippen LogP contribution is 2.18. The minimum Gasteiger partial charge on any atom is -0.396 e. The monoisotopic (exact) mass is 221 g/mol. The van der Waals surface area contributed by atoms with Crippen LogP contribution in [0.25, 0.3) is 0 Å². The van der Waals surface area contributed by atoms with E-state index in [-0.39, 0.29) is 6.61 Å². The molecule has 2 nitrogen and oxygen atoms in total. The lowest BCUT2D eigenvalue weighted by molar-refractivity contribution is 0.274. The zero-order valence-corrected chi connectivity index (χ0v) is 10.3. The van der Waals surface area contributed by atoms with Crippen LogP contribution in [-0.4, -0.2) is 18.3 Å². The lowest BCUT2D eigenvalue weighted by atomic mass is 10.0. The molecule has 0 saturated carbocycles. The van der Waals surface area contributed by atoms with Gasteiger partial charge in [0.05, 0.1) is 0 Å². The highest BCUT2D eigenvalue weighted by Gasteiger charge is 2.10. The Morgan fingerprint density at radius 2 is 1.88 bits per heavy atom. The summed E-state index contributed by atoms with van der Waals surface area (Å²) in [6, 6.07) is 10.8. The van der Waals surface area contributed by atoms with E-state index in [4.69, 9.17) is 5.11 Å². The van der Waals surface area contributed by atoms with Crippen LogP contribution in [0.2, 0.25) is 0 Å². The maximum atomic E-state index is 8.91. The summed E-state index contributed by atoms with van der Waals surface area (Å²) in [6.45, 7) is 5.71. The first-order valence-electron chi connectivity index (χ1n) is 6.13. The average Bonchev–Trinajstić information content (AvgIpc) is 2.30. The van der Waals surface area contributed by atoms with Gasteiger partial charge in [-0.25, -0.2) is 0 Å². The van der Waals surface area contributed by atoms with Crippen LogP contribution in [0, 0.1) is 5.92 Å². The van der Waals surface area contributed by atoms with Crippen LogP contribution in [0.15, 0.2) is 30.3 Å². The van der Waals surface area contributed by atoms with Crippen LogP contribution in [0.1, 0.15) is 38.3 Å². The van der Waals surface area contributed by atoms with Crippen LogP contribution in [0.4, 0.5) is 0 Å². The van der Waals surface area contributed by atoms with Gasteiger partial charge in [-0.1, -0.05) is 44.2 Å². The van der Waals surface area contributed by atoms with Gasteiger partial charge in [-0.3, -0.25) is 0 Å². The standard InChI is InChI=1S/C14H23NO/c1-12(2)11-15-14(9-6-10-16)13-7-4-3-5-8-13/h3-5,7-8,12,14-16H,6,9-11H2,1-2H3. The molecule has 0 spiro atoms. The minimum absolute atomic E-state index is 0.271. The molecule has 0 aliphatic carbocycles. The second kappa shape index (κ2) is 7.42. The number of aliphatic hydroxyl groups excluding tert-OH is 1. The molecule has 1 unspecified atom stereocenters. The summed E-state index contributed by atoms with van der Waals surface area (Å²) in [4.78, 5) is 0. The zero-order chi connectivity index (χ0) is 11.8. The lowest BCUT2D eigenvalue weighted by Gasteiger charge is -2.20. The van der Waals surface area contributed by atoms with Crippen LogP contribution in [0.5, 0.6) is 0 Å². The Kier molecular flexibility index (Phi) is 6.12. The molecular weight excluding hydrogens is 198 g/mol. The van der Waals surface area contributed by atoms with Crippen molar-refractivity contribution in [2.45, 2.75) is 32.7 Å². The van der Waals surface area contributed by atoms with Gasteiger partial charge in [-0.05, 0) is 30.9 Å². The van der Waals surface area contributed by atoms with Gasteiger partial charge in [0.15, 0.2) is 0 Å². The highest BCUT2D eigenvalue weighted by molar-refractivity contribution is 5.18.